The van der Waals surface area contributed by atoms with Gasteiger partial charge in [0.05, 0.1) is 12.3 Å². The zero-order valence-electron chi connectivity index (χ0n) is 16.9. The minimum atomic E-state index is -4.13. The monoisotopic (exact) mass is 470 g/mol. The molecular weight excluding hydrogens is 452 g/mol. The van der Waals surface area contributed by atoms with Gasteiger partial charge in [-0.15, -0.1) is 16.4 Å². The number of thiazole rings is 1. The van der Waals surface area contributed by atoms with Crippen LogP contribution < -0.4 is 10.1 Å². The Hall–Kier alpha value is -3.57. The van der Waals surface area contributed by atoms with E-state index in [0.29, 0.717) is 28.7 Å². The lowest BCUT2D eigenvalue weighted by Gasteiger charge is -2.02. The van der Waals surface area contributed by atoms with Crippen LogP contribution in [-0.4, -0.2) is 41.9 Å². The van der Waals surface area contributed by atoms with Crippen molar-refractivity contribution in [2.45, 2.75) is 12.1 Å². The van der Waals surface area contributed by atoms with Gasteiger partial charge in [-0.1, -0.05) is 35.4 Å². The number of amides is 1. The summed E-state index contributed by atoms with van der Waals surface area (Å²) in [6, 6.07) is 16.2. The molecule has 4 rings (SSSR count). The second kappa shape index (κ2) is 9.28. The average Bonchev–Trinajstić information content (AvgIpc) is 3.45. The van der Waals surface area contributed by atoms with Gasteiger partial charge in [0.1, 0.15) is 11.5 Å². The molecule has 2 aromatic carbocycles. The van der Waals surface area contributed by atoms with Gasteiger partial charge in [-0.2, -0.15) is 0 Å². The SMILES string of the molecule is CCOc1ccc(-c2nnc(S(=O)(=O)CC(=O)Nc3nc(-c4ccccc4)cs3)o2)cc1. The van der Waals surface area contributed by atoms with Crippen LogP contribution in [0.3, 0.4) is 0 Å². The number of hydrogen-bond acceptors (Lipinski definition) is 9. The number of nitrogens with zero attached hydrogens (tertiary/aromatic N) is 3. The minimum absolute atomic E-state index is 0.0273. The molecule has 1 amide bonds. The molecule has 2 heterocycles. The lowest BCUT2D eigenvalue weighted by molar-refractivity contribution is -0.113. The number of anilines is 1. The van der Waals surface area contributed by atoms with E-state index in [1.165, 1.54) is 11.3 Å². The summed E-state index contributed by atoms with van der Waals surface area (Å²) in [5, 5.41) is 11.3. The molecule has 32 heavy (non-hydrogen) atoms. The zero-order chi connectivity index (χ0) is 22.6. The smallest absolute Gasteiger partial charge is 0.336 e. The quantitative estimate of drug-likeness (QED) is 0.414. The molecule has 0 unspecified atom stereocenters. The number of hydrogen-bond donors (Lipinski definition) is 1. The van der Waals surface area contributed by atoms with Crippen LogP contribution in [0.15, 0.2) is 69.6 Å². The number of sulfone groups is 1. The molecule has 0 aliphatic rings. The van der Waals surface area contributed by atoms with E-state index in [1.807, 2.05) is 37.3 Å². The molecule has 11 heteroatoms. The molecule has 1 N–H and O–H groups in total. The lowest BCUT2D eigenvalue weighted by Crippen LogP contribution is -2.23. The van der Waals surface area contributed by atoms with Crippen molar-refractivity contribution in [3.05, 3.63) is 60.0 Å². The molecule has 0 spiro atoms. The summed E-state index contributed by atoms with van der Waals surface area (Å²) < 4.78 is 35.8. The van der Waals surface area contributed by atoms with Crippen LogP contribution in [0.5, 0.6) is 5.75 Å². The molecule has 4 aromatic rings. The predicted molar refractivity (Wildman–Crippen MR) is 119 cm³/mol. The fourth-order valence-corrected chi connectivity index (χ4v) is 4.42. The summed E-state index contributed by atoms with van der Waals surface area (Å²) in [6.45, 7) is 2.40. The lowest BCUT2D eigenvalue weighted by atomic mass is 10.2. The van der Waals surface area contributed by atoms with Gasteiger partial charge in [-0.05, 0) is 31.2 Å². The normalized spacial score (nSPS) is 11.3. The van der Waals surface area contributed by atoms with Crippen molar-refractivity contribution >= 4 is 32.2 Å². The Bertz CT molecular complexity index is 1320. The number of carbonyl (C=O) groups is 1. The van der Waals surface area contributed by atoms with Crippen molar-refractivity contribution in [2.24, 2.45) is 0 Å². The topological polar surface area (TPSA) is 124 Å². The van der Waals surface area contributed by atoms with E-state index in [-0.39, 0.29) is 5.89 Å². The van der Waals surface area contributed by atoms with Crippen molar-refractivity contribution in [3.63, 3.8) is 0 Å². The molecule has 0 aliphatic heterocycles. The summed E-state index contributed by atoms with van der Waals surface area (Å²) in [4.78, 5) is 16.6. The van der Waals surface area contributed by atoms with E-state index in [2.05, 4.69) is 20.5 Å². The molecule has 0 saturated heterocycles. The molecule has 0 atom stereocenters. The van der Waals surface area contributed by atoms with E-state index < -0.39 is 26.7 Å². The van der Waals surface area contributed by atoms with Gasteiger partial charge in [-0.3, -0.25) is 4.79 Å². The Labute approximate surface area is 188 Å². The van der Waals surface area contributed by atoms with Crippen LogP contribution in [0.25, 0.3) is 22.7 Å². The van der Waals surface area contributed by atoms with Crippen molar-refractivity contribution in [2.75, 3.05) is 17.7 Å². The van der Waals surface area contributed by atoms with Crippen LogP contribution in [0.4, 0.5) is 5.13 Å². The number of ether oxygens (including phenoxy) is 1. The highest BCUT2D eigenvalue weighted by Gasteiger charge is 2.27. The molecule has 0 bridgehead atoms. The third-order valence-electron chi connectivity index (χ3n) is 4.23. The number of nitrogens with one attached hydrogen (secondary N) is 1. The number of benzene rings is 2. The Kier molecular flexibility index (Phi) is 6.28. The van der Waals surface area contributed by atoms with Crippen LogP contribution in [0, 0.1) is 0 Å². The second-order valence-electron chi connectivity index (χ2n) is 6.54. The summed E-state index contributed by atoms with van der Waals surface area (Å²) >= 11 is 1.20. The van der Waals surface area contributed by atoms with Gasteiger partial charge >= 0.3 is 5.22 Å². The summed E-state index contributed by atoms with van der Waals surface area (Å²) in [5.41, 5.74) is 2.11. The van der Waals surface area contributed by atoms with E-state index >= 15 is 0 Å². The zero-order valence-corrected chi connectivity index (χ0v) is 18.5. The number of carbonyl (C=O) groups excluding carboxylic acids is 1. The molecule has 2 aromatic heterocycles. The van der Waals surface area contributed by atoms with Crippen molar-refractivity contribution in [3.8, 4) is 28.5 Å². The number of rotatable bonds is 8. The fraction of sp³-hybridized carbons (Fsp3) is 0.143. The summed E-state index contributed by atoms with van der Waals surface area (Å²) in [5.74, 6) is -0.907. The first-order valence-corrected chi connectivity index (χ1v) is 12.1. The van der Waals surface area contributed by atoms with Gasteiger partial charge < -0.3 is 14.5 Å². The average molecular weight is 471 g/mol. The van der Waals surface area contributed by atoms with Gasteiger partial charge in [0.25, 0.3) is 0 Å². The fourth-order valence-electron chi connectivity index (χ4n) is 2.77. The maximum Gasteiger partial charge on any atom is 0.336 e. The first-order valence-electron chi connectivity index (χ1n) is 9.55. The van der Waals surface area contributed by atoms with Gasteiger partial charge in [0, 0.05) is 16.5 Å². The van der Waals surface area contributed by atoms with Gasteiger partial charge in [-0.25, -0.2) is 13.4 Å². The van der Waals surface area contributed by atoms with Crippen LogP contribution in [0.2, 0.25) is 0 Å². The molecule has 0 aliphatic carbocycles. The van der Waals surface area contributed by atoms with E-state index in [0.717, 1.165) is 5.56 Å². The summed E-state index contributed by atoms with van der Waals surface area (Å²) in [7, 11) is -4.13. The largest absolute Gasteiger partial charge is 0.494 e. The summed E-state index contributed by atoms with van der Waals surface area (Å²) in [6.07, 6.45) is 0. The first-order chi connectivity index (χ1) is 15.4. The Morgan fingerprint density at radius 2 is 1.81 bits per heavy atom. The van der Waals surface area contributed by atoms with Crippen molar-refractivity contribution < 1.29 is 22.4 Å². The Morgan fingerprint density at radius 1 is 1.06 bits per heavy atom. The first kappa shape index (κ1) is 21.7. The third-order valence-corrected chi connectivity index (χ3v) is 6.32. The maximum absolute atomic E-state index is 12.5. The van der Waals surface area contributed by atoms with Crippen molar-refractivity contribution in [1.82, 2.24) is 15.2 Å². The van der Waals surface area contributed by atoms with Crippen LogP contribution in [-0.2, 0) is 14.6 Å². The Morgan fingerprint density at radius 3 is 2.53 bits per heavy atom. The van der Waals surface area contributed by atoms with Crippen LogP contribution >= 0.6 is 11.3 Å². The molecular formula is C21H18N4O5S2. The maximum atomic E-state index is 12.5. The van der Waals surface area contributed by atoms with Gasteiger partial charge in [0.15, 0.2) is 5.13 Å². The molecule has 0 radical (unpaired) electrons. The highest BCUT2D eigenvalue weighted by Crippen LogP contribution is 2.25. The molecule has 0 saturated carbocycles. The van der Waals surface area contributed by atoms with E-state index in [4.69, 9.17) is 9.15 Å². The predicted octanol–water partition coefficient (Wildman–Crippen LogP) is 3.67. The van der Waals surface area contributed by atoms with Gasteiger partial charge in [0.2, 0.25) is 21.6 Å². The standard InChI is InChI=1S/C21H18N4O5S2/c1-2-29-16-10-8-15(9-11-16)19-24-25-21(30-19)32(27,28)13-18(26)23-20-22-17(12-31-20)14-6-4-3-5-7-14/h3-12H,2,13H2,1H3,(H,22,23,26). The van der Waals surface area contributed by atoms with E-state index in [1.54, 1.807) is 29.6 Å². The third kappa shape index (κ3) is 5.01. The second-order valence-corrected chi connectivity index (χ2v) is 9.27. The molecule has 9 nitrogen and oxygen atoms in total. The highest BCUT2D eigenvalue weighted by atomic mass is 32.2. The van der Waals surface area contributed by atoms with Crippen molar-refractivity contribution in [1.29, 1.82) is 0 Å². The Balaban J connectivity index is 1.42. The molecule has 0 fully saturated rings. The number of aromatic nitrogens is 3. The van der Waals surface area contributed by atoms with E-state index in [9.17, 15) is 13.2 Å². The highest BCUT2D eigenvalue weighted by molar-refractivity contribution is 7.91. The molecule has 164 valence electrons. The minimum Gasteiger partial charge on any atom is -0.494 e. The van der Waals surface area contributed by atoms with Crippen LogP contribution in [0.1, 0.15) is 6.92 Å².